The second kappa shape index (κ2) is 11.7. The molecule has 1 aliphatic heterocycles. The van der Waals surface area contributed by atoms with Crippen molar-refractivity contribution in [1.29, 1.82) is 0 Å². The molecule has 4 aromatic rings. The number of aromatic nitrogens is 2. The van der Waals surface area contributed by atoms with E-state index in [1.54, 1.807) is 17.2 Å². The van der Waals surface area contributed by atoms with E-state index in [1.807, 2.05) is 43.3 Å². The fourth-order valence-electron chi connectivity index (χ4n) is 5.09. The lowest BCUT2D eigenvalue weighted by molar-refractivity contribution is 0.0220. The third-order valence-electron chi connectivity index (χ3n) is 7.32. The van der Waals surface area contributed by atoms with Gasteiger partial charge >= 0.3 is 6.03 Å². The summed E-state index contributed by atoms with van der Waals surface area (Å²) in [7, 11) is 0. The maximum Gasteiger partial charge on any atom is 0.332 e. The van der Waals surface area contributed by atoms with Gasteiger partial charge in [0.2, 0.25) is 0 Å². The Morgan fingerprint density at radius 2 is 1.85 bits per heavy atom. The Hall–Kier alpha value is -3.88. The van der Waals surface area contributed by atoms with Gasteiger partial charge in [-0.15, -0.1) is 0 Å². The quantitative estimate of drug-likeness (QED) is 0.274. The lowest BCUT2D eigenvalue weighted by atomic mass is 9.86. The van der Waals surface area contributed by atoms with Crippen LogP contribution >= 0.6 is 0 Å². The van der Waals surface area contributed by atoms with Crippen LogP contribution in [0.1, 0.15) is 38.8 Å². The van der Waals surface area contributed by atoms with Crippen LogP contribution in [-0.2, 0) is 10.2 Å². The zero-order valence-corrected chi connectivity index (χ0v) is 24.0. The van der Waals surface area contributed by atoms with Gasteiger partial charge in [0.05, 0.1) is 30.8 Å². The molecule has 1 aromatic heterocycles. The average molecular weight is 542 g/mol. The summed E-state index contributed by atoms with van der Waals surface area (Å²) in [6.07, 6.45) is 1.66. The van der Waals surface area contributed by atoms with E-state index in [0.717, 1.165) is 66.2 Å². The summed E-state index contributed by atoms with van der Waals surface area (Å²) in [4.78, 5) is 18.0. The van der Waals surface area contributed by atoms with Crippen LogP contribution in [0.4, 0.5) is 22.0 Å². The normalized spacial score (nSPS) is 15.1. The number of carbonyl (C=O) groups excluding carboxylic acids is 1. The molecule has 1 atom stereocenters. The Bertz CT molecular complexity index is 1460. The van der Waals surface area contributed by atoms with Gasteiger partial charge in [-0.3, -0.25) is 10.00 Å². The molecule has 210 valence electrons. The van der Waals surface area contributed by atoms with E-state index in [4.69, 9.17) is 9.47 Å². The number of anilines is 3. The number of ether oxygens (including phenoxy) is 2. The molecule has 1 saturated heterocycles. The summed E-state index contributed by atoms with van der Waals surface area (Å²) in [5, 5.41) is 12.1. The number of carbonyl (C=O) groups is 1. The number of H-pyrrole nitrogens is 1. The number of rotatable bonds is 7. The third kappa shape index (κ3) is 6.13. The molecule has 0 aliphatic carbocycles. The molecular weight excluding hydrogens is 502 g/mol. The highest BCUT2D eigenvalue weighted by Gasteiger charge is 2.25. The van der Waals surface area contributed by atoms with E-state index >= 15 is 0 Å². The molecule has 3 aromatic carbocycles. The molecule has 8 nitrogen and oxygen atoms in total. The number of nitrogens with zero attached hydrogens (tertiary/aromatic N) is 3. The average Bonchev–Trinajstić information content (AvgIpc) is 3.45. The van der Waals surface area contributed by atoms with E-state index in [1.165, 1.54) is 0 Å². The van der Waals surface area contributed by atoms with Crippen molar-refractivity contribution in [3.05, 3.63) is 78.0 Å². The van der Waals surface area contributed by atoms with Gasteiger partial charge in [0, 0.05) is 36.5 Å². The van der Waals surface area contributed by atoms with Crippen molar-refractivity contribution in [3.63, 3.8) is 0 Å². The van der Waals surface area contributed by atoms with Crippen LogP contribution in [0.15, 0.2) is 66.9 Å². The molecule has 40 heavy (non-hydrogen) atoms. The first kappa shape index (κ1) is 27.7. The lowest BCUT2D eigenvalue weighted by Gasteiger charge is -2.29. The van der Waals surface area contributed by atoms with Crippen LogP contribution in [0, 0.1) is 6.92 Å². The van der Waals surface area contributed by atoms with Gasteiger partial charge in [0.15, 0.2) is 0 Å². The van der Waals surface area contributed by atoms with Gasteiger partial charge in [-0.1, -0.05) is 57.2 Å². The van der Waals surface area contributed by atoms with Crippen molar-refractivity contribution < 1.29 is 14.3 Å². The highest BCUT2D eigenvalue weighted by molar-refractivity contribution is 6.11. The van der Waals surface area contributed by atoms with Crippen molar-refractivity contribution in [3.8, 4) is 5.75 Å². The number of urea groups is 1. The van der Waals surface area contributed by atoms with Crippen LogP contribution in [0.25, 0.3) is 10.8 Å². The Balaban J connectivity index is 1.43. The van der Waals surface area contributed by atoms with Gasteiger partial charge in [-0.2, -0.15) is 5.10 Å². The summed E-state index contributed by atoms with van der Waals surface area (Å²) in [5.74, 6) is 1.39. The molecular formula is C32H39N5O3. The van der Waals surface area contributed by atoms with Crippen LogP contribution in [-0.4, -0.2) is 60.1 Å². The van der Waals surface area contributed by atoms with E-state index in [2.05, 4.69) is 66.3 Å². The SMILES string of the molecule is Cc1ccc(C(C)(C)C)cc1N(C(=O)Nc1ccc(OC(C)CN2CCOCC2)c2ccccc12)c1ccn[nH]1. The van der Waals surface area contributed by atoms with Crippen LogP contribution in [0.3, 0.4) is 0 Å². The van der Waals surface area contributed by atoms with E-state index in [9.17, 15) is 4.79 Å². The Kier molecular flexibility index (Phi) is 8.09. The second-order valence-electron chi connectivity index (χ2n) is 11.5. The molecule has 2 amide bonds. The number of morpholine rings is 1. The highest BCUT2D eigenvalue weighted by atomic mass is 16.5. The summed E-state index contributed by atoms with van der Waals surface area (Å²) in [6, 6.07) is 19.7. The lowest BCUT2D eigenvalue weighted by Crippen LogP contribution is -2.41. The smallest absolute Gasteiger partial charge is 0.332 e. The van der Waals surface area contributed by atoms with Crippen molar-refractivity contribution in [2.24, 2.45) is 0 Å². The second-order valence-corrected chi connectivity index (χ2v) is 11.5. The first-order valence-corrected chi connectivity index (χ1v) is 13.9. The maximum atomic E-state index is 14.0. The number of hydrogen-bond acceptors (Lipinski definition) is 5. The maximum absolute atomic E-state index is 14.0. The Morgan fingerprint density at radius 3 is 2.55 bits per heavy atom. The number of fused-ring (bicyclic) bond motifs is 1. The Labute approximate surface area is 236 Å². The molecule has 5 rings (SSSR count). The molecule has 8 heteroatoms. The van der Waals surface area contributed by atoms with Gasteiger partial charge in [0.25, 0.3) is 0 Å². The zero-order chi connectivity index (χ0) is 28.3. The van der Waals surface area contributed by atoms with Gasteiger partial charge < -0.3 is 14.8 Å². The largest absolute Gasteiger partial charge is 0.489 e. The standard InChI is InChI=1S/C32H39N5O3/c1-22-10-11-24(32(3,4)5)20-28(22)37(30-14-15-33-35-30)31(38)34-27-12-13-29(26-9-7-6-8-25(26)27)40-23(2)21-36-16-18-39-19-17-36/h6-15,20,23H,16-19,21H2,1-5H3,(H,33,35)(H,34,38). The monoisotopic (exact) mass is 541 g/mol. The summed E-state index contributed by atoms with van der Waals surface area (Å²) >= 11 is 0. The molecule has 2 N–H and O–H groups in total. The predicted molar refractivity (Wildman–Crippen MR) is 161 cm³/mol. The van der Waals surface area contributed by atoms with Crippen LogP contribution in [0.2, 0.25) is 0 Å². The van der Waals surface area contributed by atoms with E-state index in [0.29, 0.717) is 11.5 Å². The minimum atomic E-state index is -0.280. The fourth-order valence-corrected chi connectivity index (χ4v) is 5.09. The topological polar surface area (TPSA) is 82.7 Å². The zero-order valence-electron chi connectivity index (χ0n) is 24.0. The predicted octanol–water partition coefficient (Wildman–Crippen LogP) is 6.64. The molecule has 2 heterocycles. The Morgan fingerprint density at radius 1 is 1.10 bits per heavy atom. The number of benzene rings is 3. The van der Waals surface area contributed by atoms with Gasteiger partial charge in [-0.05, 0) is 48.6 Å². The summed E-state index contributed by atoms with van der Waals surface area (Å²) in [5.41, 5.74) is 3.58. The first-order chi connectivity index (χ1) is 19.2. The summed E-state index contributed by atoms with van der Waals surface area (Å²) in [6.45, 7) is 14.8. The number of aromatic amines is 1. The van der Waals surface area contributed by atoms with Crippen LogP contribution < -0.4 is 15.0 Å². The van der Waals surface area contributed by atoms with E-state index in [-0.39, 0.29) is 17.6 Å². The highest BCUT2D eigenvalue weighted by Crippen LogP contribution is 2.35. The summed E-state index contributed by atoms with van der Waals surface area (Å²) < 4.78 is 11.9. The van der Waals surface area contributed by atoms with Crippen LogP contribution in [0.5, 0.6) is 5.75 Å². The molecule has 1 aliphatic rings. The minimum absolute atomic E-state index is 0.0101. The number of aryl methyl sites for hydroxylation is 1. The number of hydrogen-bond donors (Lipinski definition) is 2. The fraction of sp³-hybridized carbons (Fsp3) is 0.375. The molecule has 1 unspecified atom stereocenters. The van der Waals surface area contributed by atoms with Crippen molar-refractivity contribution in [2.75, 3.05) is 43.1 Å². The third-order valence-corrected chi connectivity index (χ3v) is 7.32. The molecule has 0 bridgehead atoms. The van der Waals surface area contributed by atoms with E-state index < -0.39 is 0 Å². The van der Waals surface area contributed by atoms with Crippen molar-refractivity contribution in [2.45, 2.75) is 46.1 Å². The van der Waals surface area contributed by atoms with Crippen molar-refractivity contribution in [1.82, 2.24) is 15.1 Å². The molecule has 0 saturated carbocycles. The number of amides is 2. The first-order valence-electron chi connectivity index (χ1n) is 13.9. The van der Waals surface area contributed by atoms with Gasteiger partial charge in [-0.25, -0.2) is 9.69 Å². The van der Waals surface area contributed by atoms with Crippen molar-refractivity contribution >= 4 is 34.0 Å². The molecule has 0 radical (unpaired) electrons. The molecule has 0 spiro atoms. The molecule has 1 fully saturated rings. The van der Waals surface area contributed by atoms with Gasteiger partial charge in [0.1, 0.15) is 17.7 Å². The minimum Gasteiger partial charge on any atom is -0.489 e. The number of nitrogens with one attached hydrogen (secondary N) is 2.